The van der Waals surface area contributed by atoms with Gasteiger partial charge in [-0.1, -0.05) is 27.7 Å². The summed E-state index contributed by atoms with van der Waals surface area (Å²) in [5, 5.41) is 3.47. The molecule has 0 aliphatic rings. The minimum Gasteiger partial charge on any atom is -0.356 e. The van der Waals surface area contributed by atoms with Crippen LogP contribution in [0.25, 0.3) is 0 Å². The van der Waals surface area contributed by atoms with Crippen molar-refractivity contribution in [1.82, 2.24) is 10.3 Å². The summed E-state index contributed by atoms with van der Waals surface area (Å²) in [7, 11) is 0. The van der Waals surface area contributed by atoms with E-state index < -0.39 is 0 Å². The predicted octanol–water partition coefficient (Wildman–Crippen LogP) is 3.62. The minimum atomic E-state index is 0.656. The molecule has 1 aromatic heterocycles. The van der Waals surface area contributed by atoms with E-state index in [9.17, 15) is 0 Å². The Labute approximate surface area is 124 Å². The molecule has 0 spiro atoms. The maximum Gasteiger partial charge on any atom is 0.131 e. The van der Waals surface area contributed by atoms with E-state index in [0.29, 0.717) is 11.8 Å². The molecule has 0 aromatic carbocycles. The Morgan fingerprint density at radius 1 is 1.20 bits per heavy atom. The average Bonchev–Trinajstić information content (AvgIpc) is 2.36. The second-order valence-corrected chi connectivity index (χ2v) is 6.44. The first-order valence-electron chi connectivity index (χ1n) is 7.85. The van der Waals surface area contributed by atoms with Crippen molar-refractivity contribution < 1.29 is 0 Å². The molecule has 0 radical (unpaired) electrons. The van der Waals surface area contributed by atoms with E-state index in [-0.39, 0.29) is 0 Å². The molecule has 114 valence electrons. The zero-order chi connectivity index (χ0) is 15.1. The highest BCUT2D eigenvalue weighted by atomic mass is 15.2. The molecule has 0 bridgehead atoms. The van der Waals surface area contributed by atoms with Crippen molar-refractivity contribution in [1.29, 1.82) is 0 Å². The second kappa shape index (κ2) is 8.25. The van der Waals surface area contributed by atoms with E-state index >= 15 is 0 Å². The van der Waals surface area contributed by atoms with E-state index in [2.05, 4.69) is 62.8 Å². The Morgan fingerprint density at radius 2 is 1.90 bits per heavy atom. The number of pyridine rings is 1. The van der Waals surface area contributed by atoms with Gasteiger partial charge in [0.05, 0.1) is 0 Å². The summed E-state index contributed by atoms with van der Waals surface area (Å²) < 4.78 is 0. The molecule has 0 amide bonds. The molecular weight excluding hydrogens is 246 g/mol. The van der Waals surface area contributed by atoms with Gasteiger partial charge in [-0.2, -0.15) is 0 Å². The van der Waals surface area contributed by atoms with Crippen molar-refractivity contribution in [2.75, 3.05) is 24.5 Å². The van der Waals surface area contributed by atoms with E-state index in [1.807, 2.05) is 6.20 Å². The Morgan fingerprint density at radius 3 is 2.40 bits per heavy atom. The van der Waals surface area contributed by atoms with Gasteiger partial charge in [-0.15, -0.1) is 0 Å². The van der Waals surface area contributed by atoms with Crippen molar-refractivity contribution in [2.24, 2.45) is 11.8 Å². The van der Waals surface area contributed by atoms with Gasteiger partial charge in [0.1, 0.15) is 5.82 Å². The number of hydrogen-bond donors (Lipinski definition) is 1. The molecule has 1 rings (SSSR count). The smallest absolute Gasteiger partial charge is 0.131 e. The fraction of sp³-hybridized carbons (Fsp3) is 0.706. The number of hydrogen-bond acceptors (Lipinski definition) is 3. The standard InChI is InChI=1S/C17H31N3/c1-7-20(12-14(4)5)17-15(6)8-16(11-19-17)10-18-9-13(2)3/h8,11,13-14,18H,7,9-10,12H2,1-6H3. The summed E-state index contributed by atoms with van der Waals surface area (Å²) in [5.74, 6) is 2.47. The first-order chi connectivity index (χ1) is 9.43. The summed E-state index contributed by atoms with van der Waals surface area (Å²) in [6, 6.07) is 2.26. The molecule has 0 atom stereocenters. The van der Waals surface area contributed by atoms with Crippen LogP contribution in [0.3, 0.4) is 0 Å². The number of anilines is 1. The quantitative estimate of drug-likeness (QED) is 0.786. The van der Waals surface area contributed by atoms with E-state index in [4.69, 9.17) is 0 Å². The Kier molecular flexibility index (Phi) is 7.00. The van der Waals surface area contributed by atoms with Gasteiger partial charge in [0.15, 0.2) is 0 Å². The number of aryl methyl sites for hydroxylation is 1. The van der Waals surface area contributed by atoms with Crippen LogP contribution < -0.4 is 10.2 Å². The van der Waals surface area contributed by atoms with Crippen molar-refractivity contribution in [3.05, 3.63) is 23.4 Å². The number of nitrogens with zero attached hydrogens (tertiary/aromatic N) is 2. The van der Waals surface area contributed by atoms with Crippen molar-refractivity contribution >= 4 is 5.82 Å². The van der Waals surface area contributed by atoms with Crippen LogP contribution in [0.5, 0.6) is 0 Å². The van der Waals surface area contributed by atoms with Gasteiger partial charge in [-0.3, -0.25) is 0 Å². The Hall–Kier alpha value is -1.09. The van der Waals surface area contributed by atoms with Gasteiger partial charge in [0, 0.05) is 25.8 Å². The lowest BCUT2D eigenvalue weighted by atomic mass is 10.1. The average molecular weight is 277 g/mol. The molecular formula is C17H31N3. The fourth-order valence-electron chi connectivity index (χ4n) is 2.36. The molecule has 0 saturated carbocycles. The highest BCUT2D eigenvalue weighted by Gasteiger charge is 2.11. The van der Waals surface area contributed by atoms with E-state index in [0.717, 1.165) is 32.0 Å². The summed E-state index contributed by atoms with van der Waals surface area (Å²) >= 11 is 0. The number of rotatable bonds is 8. The molecule has 3 heteroatoms. The van der Waals surface area contributed by atoms with Crippen molar-refractivity contribution in [2.45, 2.75) is 48.1 Å². The molecule has 20 heavy (non-hydrogen) atoms. The summed E-state index contributed by atoms with van der Waals surface area (Å²) in [4.78, 5) is 7.05. The lowest BCUT2D eigenvalue weighted by Crippen LogP contribution is -2.29. The molecule has 0 aliphatic carbocycles. The lowest BCUT2D eigenvalue weighted by molar-refractivity contribution is 0.551. The maximum atomic E-state index is 4.69. The van der Waals surface area contributed by atoms with E-state index in [1.165, 1.54) is 11.1 Å². The zero-order valence-electron chi connectivity index (χ0n) is 14.0. The Balaban J connectivity index is 2.71. The highest BCUT2D eigenvalue weighted by Crippen LogP contribution is 2.19. The van der Waals surface area contributed by atoms with Crippen LogP contribution in [-0.4, -0.2) is 24.6 Å². The normalized spacial score (nSPS) is 11.4. The lowest BCUT2D eigenvalue weighted by Gasteiger charge is -2.25. The van der Waals surface area contributed by atoms with Gasteiger partial charge in [-0.05, 0) is 49.4 Å². The monoisotopic (exact) mass is 277 g/mol. The zero-order valence-corrected chi connectivity index (χ0v) is 14.0. The van der Waals surface area contributed by atoms with Gasteiger partial charge < -0.3 is 10.2 Å². The van der Waals surface area contributed by atoms with Crippen LogP contribution in [0.1, 0.15) is 45.7 Å². The van der Waals surface area contributed by atoms with Crippen molar-refractivity contribution in [3.63, 3.8) is 0 Å². The Bertz CT molecular complexity index is 399. The van der Waals surface area contributed by atoms with Crippen LogP contribution in [0, 0.1) is 18.8 Å². The largest absolute Gasteiger partial charge is 0.356 e. The summed E-state index contributed by atoms with van der Waals surface area (Å²) in [6.07, 6.45) is 2.01. The minimum absolute atomic E-state index is 0.656. The molecule has 0 unspecified atom stereocenters. The molecule has 1 heterocycles. The third-order valence-electron chi connectivity index (χ3n) is 3.26. The predicted molar refractivity (Wildman–Crippen MR) is 88.2 cm³/mol. The first-order valence-corrected chi connectivity index (χ1v) is 7.85. The molecule has 3 nitrogen and oxygen atoms in total. The van der Waals surface area contributed by atoms with Crippen molar-refractivity contribution in [3.8, 4) is 0 Å². The van der Waals surface area contributed by atoms with Crippen LogP contribution in [0.15, 0.2) is 12.3 Å². The first kappa shape index (κ1) is 17.0. The highest BCUT2D eigenvalue weighted by molar-refractivity contribution is 5.47. The van der Waals surface area contributed by atoms with Gasteiger partial charge >= 0.3 is 0 Å². The number of aromatic nitrogens is 1. The van der Waals surface area contributed by atoms with Crippen LogP contribution in [-0.2, 0) is 6.54 Å². The molecule has 1 aromatic rings. The third-order valence-corrected chi connectivity index (χ3v) is 3.26. The van der Waals surface area contributed by atoms with Crippen LogP contribution in [0.4, 0.5) is 5.82 Å². The van der Waals surface area contributed by atoms with Gasteiger partial charge in [-0.25, -0.2) is 4.98 Å². The second-order valence-electron chi connectivity index (χ2n) is 6.44. The van der Waals surface area contributed by atoms with E-state index in [1.54, 1.807) is 0 Å². The third kappa shape index (κ3) is 5.49. The molecule has 0 saturated heterocycles. The van der Waals surface area contributed by atoms with Gasteiger partial charge in [0.25, 0.3) is 0 Å². The maximum absolute atomic E-state index is 4.69. The number of nitrogens with one attached hydrogen (secondary N) is 1. The van der Waals surface area contributed by atoms with Crippen LogP contribution in [0.2, 0.25) is 0 Å². The van der Waals surface area contributed by atoms with Gasteiger partial charge in [0.2, 0.25) is 0 Å². The topological polar surface area (TPSA) is 28.2 Å². The SMILES string of the molecule is CCN(CC(C)C)c1ncc(CNCC(C)C)cc1C. The molecule has 1 N–H and O–H groups in total. The summed E-state index contributed by atoms with van der Waals surface area (Å²) in [5.41, 5.74) is 2.55. The summed E-state index contributed by atoms with van der Waals surface area (Å²) in [6.45, 7) is 17.3. The fourth-order valence-corrected chi connectivity index (χ4v) is 2.36. The molecule has 0 fully saturated rings. The molecule has 0 aliphatic heterocycles. The van der Waals surface area contributed by atoms with Crippen LogP contribution >= 0.6 is 0 Å².